The summed E-state index contributed by atoms with van der Waals surface area (Å²) in [4.78, 5) is 37.0. The van der Waals surface area contributed by atoms with E-state index >= 15 is 0 Å². The van der Waals surface area contributed by atoms with Crippen LogP contribution in [0.3, 0.4) is 0 Å². The van der Waals surface area contributed by atoms with Crippen molar-refractivity contribution in [3.05, 3.63) is 11.1 Å². The van der Waals surface area contributed by atoms with E-state index in [0.29, 0.717) is 25.7 Å². The van der Waals surface area contributed by atoms with E-state index in [2.05, 4.69) is 20.8 Å². The molecule has 4 aliphatic carbocycles. The van der Waals surface area contributed by atoms with Gasteiger partial charge in [-0.05, 0) is 94.8 Å². The quantitative estimate of drug-likeness (QED) is 0.192. The average molecular weight is 679 g/mol. The molecule has 0 bridgehead atoms. The topological polar surface area (TPSA) is 180 Å². The second kappa shape index (κ2) is 12.0. The van der Waals surface area contributed by atoms with E-state index in [1.165, 1.54) is 12.5 Å². The Hall–Kier alpha value is -2.05. The van der Waals surface area contributed by atoms with Crippen molar-refractivity contribution in [2.24, 2.45) is 39.4 Å². The average Bonchev–Trinajstić information content (AvgIpc) is 3.22. The molecule has 12 atom stereocenters. The number of carbonyl (C=O) groups excluding carboxylic acids is 2. The first-order valence-electron chi connectivity index (χ1n) is 17.7. The van der Waals surface area contributed by atoms with Crippen molar-refractivity contribution >= 4 is 17.9 Å². The predicted molar refractivity (Wildman–Crippen MR) is 174 cm³/mol. The van der Waals surface area contributed by atoms with Gasteiger partial charge >= 0.3 is 17.9 Å². The first kappa shape index (κ1) is 37.2. The van der Waals surface area contributed by atoms with Crippen molar-refractivity contribution in [1.29, 1.82) is 0 Å². The number of aliphatic hydroxyl groups excluding tert-OH is 2. The fourth-order valence-electron chi connectivity index (χ4n) is 11.3. The molecule has 3 fully saturated rings. The number of allylic oxidation sites excluding steroid dienone is 1. The molecule has 11 nitrogen and oxygen atoms in total. The highest BCUT2D eigenvalue weighted by Crippen LogP contribution is 2.73. The van der Waals surface area contributed by atoms with E-state index in [-0.39, 0.29) is 23.2 Å². The number of rotatable bonds is 7. The maximum Gasteiger partial charge on any atom is 0.335 e. The number of carboxylic acid groups (broad SMARTS) is 1. The van der Waals surface area contributed by atoms with Crippen LogP contribution in [0.15, 0.2) is 11.1 Å². The lowest BCUT2D eigenvalue weighted by Gasteiger charge is -2.64. The zero-order valence-corrected chi connectivity index (χ0v) is 30.2. The van der Waals surface area contributed by atoms with Gasteiger partial charge in [-0.25, -0.2) is 4.79 Å². The van der Waals surface area contributed by atoms with Crippen LogP contribution in [0.1, 0.15) is 120 Å². The maximum absolute atomic E-state index is 13.1. The Bertz CT molecular complexity index is 1340. The van der Waals surface area contributed by atoms with Gasteiger partial charge in [-0.3, -0.25) is 9.59 Å². The number of aliphatic hydroxyl groups is 4. The lowest BCUT2D eigenvalue weighted by molar-refractivity contribution is -0.251. The van der Waals surface area contributed by atoms with Crippen LogP contribution < -0.4 is 0 Å². The Morgan fingerprint density at radius 1 is 0.938 bits per heavy atom. The molecule has 1 heterocycles. The molecule has 0 aromatic carbocycles. The summed E-state index contributed by atoms with van der Waals surface area (Å²) >= 11 is 0. The van der Waals surface area contributed by atoms with E-state index in [4.69, 9.17) is 14.2 Å². The predicted octanol–water partition coefficient (Wildman–Crippen LogP) is 4.27. The summed E-state index contributed by atoms with van der Waals surface area (Å²) in [5.41, 5.74) is -3.00. The first-order chi connectivity index (χ1) is 21.9. The summed E-state index contributed by atoms with van der Waals surface area (Å²) in [6, 6.07) is 0. The third kappa shape index (κ3) is 5.73. The van der Waals surface area contributed by atoms with E-state index in [9.17, 15) is 39.9 Å². The van der Waals surface area contributed by atoms with Crippen LogP contribution in [0.4, 0.5) is 0 Å². The molecule has 1 saturated heterocycles. The van der Waals surface area contributed by atoms with Crippen molar-refractivity contribution in [3.8, 4) is 0 Å². The highest BCUT2D eigenvalue weighted by atomic mass is 16.6. The molecule has 11 heteroatoms. The fraction of sp³-hybridized carbons (Fsp3) is 0.865. The number of ether oxygens (including phenoxy) is 3. The van der Waals surface area contributed by atoms with Gasteiger partial charge in [0, 0.05) is 23.7 Å². The van der Waals surface area contributed by atoms with Crippen molar-refractivity contribution in [3.63, 3.8) is 0 Å². The van der Waals surface area contributed by atoms with Gasteiger partial charge in [0.05, 0.1) is 24.2 Å². The summed E-state index contributed by atoms with van der Waals surface area (Å²) < 4.78 is 17.8. The maximum atomic E-state index is 13.1. The Kier molecular flexibility index (Phi) is 9.33. The van der Waals surface area contributed by atoms with Gasteiger partial charge < -0.3 is 39.7 Å². The molecule has 0 spiro atoms. The number of hydrogen-bond donors (Lipinski definition) is 5. The van der Waals surface area contributed by atoms with Crippen LogP contribution in [-0.2, 0) is 28.6 Å². The molecule has 0 radical (unpaired) electrons. The van der Waals surface area contributed by atoms with Gasteiger partial charge in [-0.2, -0.15) is 0 Å². The SMILES string of the molecule is CC(=O)OC1C(OC(=O)CC(C)(O)C(=O)O)CC2(C)C3=C(CCC2C1(C)C)C1(C)CCC(C2CCC(C(C)(C)O)OC2O)C1(C)C(O)C3. The molecule has 0 aromatic rings. The smallest absolute Gasteiger partial charge is 0.335 e. The largest absolute Gasteiger partial charge is 0.479 e. The number of aliphatic carboxylic acids is 1. The monoisotopic (exact) mass is 678 g/mol. The van der Waals surface area contributed by atoms with Crippen molar-refractivity contribution in [2.75, 3.05) is 0 Å². The zero-order valence-electron chi connectivity index (χ0n) is 30.2. The van der Waals surface area contributed by atoms with Crippen LogP contribution in [0.2, 0.25) is 0 Å². The molecule has 0 aromatic heterocycles. The Balaban J connectivity index is 1.50. The van der Waals surface area contributed by atoms with Crippen LogP contribution in [0, 0.1) is 39.4 Å². The van der Waals surface area contributed by atoms with Crippen LogP contribution >= 0.6 is 0 Å². The summed E-state index contributed by atoms with van der Waals surface area (Å²) in [6.45, 7) is 16.4. The second-order valence-corrected chi connectivity index (χ2v) is 17.7. The molecule has 48 heavy (non-hydrogen) atoms. The van der Waals surface area contributed by atoms with Gasteiger partial charge in [0.2, 0.25) is 0 Å². The molecule has 5 aliphatic rings. The molecule has 1 aliphatic heterocycles. The summed E-state index contributed by atoms with van der Waals surface area (Å²) in [6.07, 6.45) is 0.661. The molecule has 2 saturated carbocycles. The summed E-state index contributed by atoms with van der Waals surface area (Å²) in [5.74, 6) is -3.10. The molecule has 5 rings (SSSR count). The molecular formula is C37H58O11. The second-order valence-electron chi connectivity index (χ2n) is 17.7. The first-order valence-corrected chi connectivity index (χ1v) is 17.7. The molecule has 5 N–H and O–H groups in total. The molecule has 12 unspecified atom stereocenters. The number of hydrogen-bond acceptors (Lipinski definition) is 10. The minimum absolute atomic E-state index is 0.00158. The highest BCUT2D eigenvalue weighted by molar-refractivity contribution is 5.84. The number of carbonyl (C=O) groups is 3. The minimum Gasteiger partial charge on any atom is -0.479 e. The van der Waals surface area contributed by atoms with Crippen molar-refractivity contribution < 1.29 is 54.1 Å². The molecule has 0 amide bonds. The van der Waals surface area contributed by atoms with Crippen LogP contribution in [0.25, 0.3) is 0 Å². The summed E-state index contributed by atoms with van der Waals surface area (Å²) in [7, 11) is 0. The van der Waals surface area contributed by atoms with Crippen LogP contribution in [0.5, 0.6) is 0 Å². The fourth-order valence-corrected chi connectivity index (χ4v) is 11.3. The molecular weight excluding hydrogens is 620 g/mol. The lowest BCUT2D eigenvalue weighted by atomic mass is 9.42. The van der Waals surface area contributed by atoms with Crippen molar-refractivity contribution in [1.82, 2.24) is 0 Å². The van der Waals surface area contributed by atoms with E-state index < -0.39 is 82.5 Å². The van der Waals surface area contributed by atoms with Gasteiger partial charge in [-0.15, -0.1) is 0 Å². The third-order valence-corrected chi connectivity index (χ3v) is 14.0. The Morgan fingerprint density at radius 3 is 2.15 bits per heavy atom. The zero-order chi connectivity index (χ0) is 36.0. The van der Waals surface area contributed by atoms with E-state index in [1.807, 2.05) is 13.8 Å². The van der Waals surface area contributed by atoms with Gasteiger partial charge in [-0.1, -0.05) is 45.8 Å². The Labute approximate surface area is 284 Å². The van der Waals surface area contributed by atoms with Gasteiger partial charge in [0.15, 0.2) is 11.9 Å². The third-order valence-electron chi connectivity index (χ3n) is 14.0. The van der Waals surface area contributed by atoms with Gasteiger partial charge in [0.1, 0.15) is 12.2 Å². The number of fused-ring (bicyclic) bond motifs is 4. The molecule has 272 valence electrons. The van der Waals surface area contributed by atoms with E-state index in [0.717, 1.165) is 38.2 Å². The highest BCUT2D eigenvalue weighted by Gasteiger charge is 2.68. The lowest BCUT2D eigenvalue weighted by Crippen LogP contribution is -2.63. The van der Waals surface area contributed by atoms with Gasteiger partial charge in [0.25, 0.3) is 0 Å². The van der Waals surface area contributed by atoms with Crippen molar-refractivity contribution in [2.45, 2.75) is 162 Å². The number of carboxylic acids is 1. The van der Waals surface area contributed by atoms with Crippen LogP contribution in [-0.4, -0.2) is 85.3 Å². The minimum atomic E-state index is -2.32. The Morgan fingerprint density at radius 2 is 1.58 bits per heavy atom. The van der Waals surface area contributed by atoms with E-state index in [1.54, 1.807) is 13.8 Å². The standard InChI is InChI=1S/C37H58O11/c1-19(38)46-29-24(47-28(40)18-36(8,45)31(42)43)17-34(6)23-16-26(39)37(9)21(20-10-13-27(33(4,5)44)48-30(20)41)14-15-35(37,7)22(23)11-12-25(34)32(29,2)3/h20-21,24-27,29-30,39,41,44-45H,10-18H2,1-9H3,(H,42,43). The normalized spacial score (nSPS) is 43.7. The summed E-state index contributed by atoms with van der Waals surface area (Å²) in [5, 5.41) is 53.8. The number of esters is 2.